The van der Waals surface area contributed by atoms with Gasteiger partial charge in [0.25, 0.3) is 0 Å². The van der Waals surface area contributed by atoms with Crippen molar-refractivity contribution in [3.05, 3.63) is 30.1 Å². The summed E-state index contributed by atoms with van der Waals surface area (Å²) in [4.78, 5) is 28.4. The van der Waals surface area contributed by atoms with Crippen molar-refractivity contribution in [2.75, 3.05) is 13.1 Å². The summed E-state index contributed by atoms with van der Waals surface area (Å²) in [5, 5.41) is 11.7. The largest absolute Gasteiger partial charge is 0.480 e. The number of nitrogens with zero attached hydrogens (tertiary/aromatic N) is 2. The number of aromatic nitrogens is 1. The molecule has 6 heteroatoms. The fraction of sp³-hybridized carbons (Fsp3) is 0.500. The van der Waals surface area contributed by atoms with E-state index in [0.717, 1.165) is 18.4 Å². The van der Waals surface area contributed by atoms with Crippen LogP contribution in [0.3, 0.4) is 0 Å². The number of amides is 2. The standard InChI is InChI=1S/C14H19N3O3/c1-10(12-3-2-6-15-7-12)16-14(20)17(9-13(18)19)8-11-4-5-11/h2-3,6-7,10-11H,4-5,8-9H2,1H3,(H,16,20)(H,18,19). The van der Waals surface area contributed by atoms with Crippen molar-refractivity contribution in [2.45, 2.75) is 25.8 Å². The number of pyridine rings is 1. The van der Waals surface area contributed by atoms with Crippen LogP contribution in [0.1, 0.15) is 31.4 Å². The molecular formula is C14H19N3O3. The maximum atomic E-state index is 12.2. The summed E-state index contributed by atoms with van der Waals surface area (Å²) in [6.07, 6.45) is 5.50. The van der Waals surface area contributed by atoms with Crippen LogP contribution in [0.2, 0.25) is 0 Å². The molecule has 2 rings (SSSR count). The minimum absolute atomic E-state index is 0.202. The molecule has 0 spiro atoms. The van der Waals surface area contributed by atoms with Gasteiger partial charge in [0.1, 0.15) is 6.54 Å². The first kappa shape index (κ1) is 14.3. The van der Waals surface area contributed by atoms with Crippen LogP contribution in [0.25, 0.3) is 0 Å². The lowest BCUT2D eigenvalue weighted by Crippen LogP contribution is -2.44. The molecule has 1 aromatic rings. The highest BCUT2D eigenvalue weighted by Crippen LogP contribution is 2.29. The van der Waals surface area contributed by atoms with E-state index in [4.69, 9.17) is 5.11 Å². The van der Waals surface area contributed by atoms with Crippen LogP contribution in [0.5, 0.6) is 0 Å². The number of hydrogen-bond donors (Lipinski definition) is 2. The molecule has 0 aliphatic heterocycles. The molecule has 1 heterocycles. The van der Waals surface area contributed by atoms with Crippen molar-refractivity contribution in [3.63, 3.8) is 0 Å². The molecule has 6 nitrogen and oxygen atoms in total. The molecule has 1 aliphatic carbocycles. The zero-order valence-corrected chi connectivity index (χ0v) is 11.5. The van der Waals surface area contributed by atoms with E-state index in [0.29, 0.717) is 12.5 Å². The van der Waals surface area contributed by atoms with Gasteiger partial charge in [0, 0.05) is 18.9 Å². The van der Waals surface area contributed by atoms with Crippen LogP contribution < -0.4 is 5.32 Å². The maximum absolute atomic E-state index is 12.2. The van der Waals surface area contributed by atoms with Gasteiger partial charge in [-0.3, -0.25) is 9.78 Å². The third-order valence-electron chi connectivity index (χ3n) is 3.31. The quantitative estimate of drug-likeness (QED) is 0.828. The summed E-state index contributed by atoms with van der Waals surface area (Å²) in [6, 6.07) is 3.14. The van der Waals surface area contributed by atoms with E-state index in [1.807, 2.05) is 13.0 Å². The van der Waals surface area contributed by atoms with Crippen molar-refractivity contribution in [1.29, 1.82) is 0 Å². The lowest BCUT2D eigenvalue weighted by molar-refractivity contribution is -0.137. The number of rotatable bonds is 6. The average molecular weight is 277 g/mol. The zero-order valence-electron chi connectivity index (χ0n) is 11.5. The molecule has 1 atom stereocenters. The molecule has 1 aromatic heterocycles. The van der Waals surface area contributed by atoms with Crippen LogP contribution in [-0.2, 0) is 4.79 Å². The molecular weight excluding hydrogens is 258 g/mol. The number of carboxylic acid groups (broad SMARTS) is 1. The van der Waals surface area contributed by atoms with Gasteiger partial charge in [0.2, 0.25) is 0 Å². The zero-order chi connectivity index (χ0) is 14.5. The number of carboxylic acids is 1. The minimum atomic E-state index is -0.991. The molecule has 1 unspecified atom stereocenters. The number of aliphatic carboxylic acids is 1. The Bertz CT molecular complexity index is 474. The first-order valence-electron chi connectivity index (χ1n) is 6.73. The molecule has 2 N–H and O–H groups in total. The molecule has 1 saturated carbocycles. The van der Waals surface area contributed by atoms with Crippen molar-refractivity contribution in [3.8, 4) is 0 Å². The van der Waals surface area contributed by atoms with Gasteiger partial charge in [-0.1, -0.05) is 6.07 Å². The Morgan fingerprint density at radius 2 is 2.30 bits per heavy atom. The third-order valence-corrected chi connectivity index (χ3v) is 3.31. The summed E-state index contributed by atoms with van der Waals surface area (Å²) < 4.78 is 0. The number of nitrogens with one attached hydrogen (secondary N) is 1. The molecule has 0 aromatic carbocycles. The van der Waals surface area contributed by atoms with Gasteiger partial charge in [0.15, 0.2) is 0 Å². The molecule has 0 bridgehead atoms. The van der Waals surface area contributed by atoms with Gasteiger partial charge in [-0.15, -0.1) is 0 Å². The summed E-state index contributed by atoms with van der Waals surface area (Å²) in [5.41, 5.74) is 0.891. The summed E-state index contributed by atoms with van der Waals surface area (Å²) in [6.45, 7) is 2.10. The van der Waals surface area contributed by atoms with Crippen LogP contribution in [0, 0.1) is 5.92 Å². The molecule has 0 saturated heterocycles. The summed E-state index contributed by atoms with van der Waals surface area (Å²) >= 11 is 0. The Labute approximate surface area is 117 Å². The van der Waals surface area contributed by atoms with Gasteiger partial charge in [-0.05, 0) is 37.3 Å². The second-order valence-electron chi connectivity index (χ2n) is 5.18. The van der Waals surface area contributed by atoms with Crippen molar-refractivity contribution < 1.29 is 14.7 Å². The van der Waals surface area contributed by atoms with Gasteiger partial charge in [0.05, 0.1) is 6.04 Å². The fourth-order valence-electron chi connectivity index (χ4n) is 1.99. The van der Waals surface area contributed by atoms with Gasteiger partial charge in [-0.25, -0.2) is 4.79 Å². The Hall–Kier alpha value is -2.11. The number of urea groups is 1. The van der Waals surface area contributed by atoms with E-state index in [1.54, 1.807) is 18.5 Å². The molecule has 20 heavy (non-hydrogen) atoms. The normalized spacial score (nSPS) is 15.4. The number of carbonyl (C=O) groups excluding carboxylic acids is 1. The van der Waals surface area contributed by atoms with Gasteiger partial charge >= 0.3 is 12.0 Å². The van der Waals surface area contributed by atoms with Gasteiger partial charge in [-0.2, -0.15) is 0 Å². The summed E-state index contributed by atoms with van der Waals surface area (Å²) in [5.74, 6) is -0.538. The predicted octanol–water partition coefficient (Wildman–Crippen LogP) is 1.65. The SMILES string of the molecule is CC(NC(=O)N(CC(=O)O)CC1CC1)c1cccnc1. The van der Waals surface area contributed by atoms with Crippen LogP contribution in [0.4, 0.5) is 4.79 Å². The van der Waals surface area contributed by atoms with Crippen LogP contribution in [0.15, 0.2) is 24.5 Å². The van der Waals surface area contributed by atoms with Crippen molar-refractivity contribution >= 4 is 12.0 Å². The van der Waals surface area contributed by atoms with Crippen LogP contribution >= 0.6 is 0 Å². The fourth-order valence-corrected chi connectivity index (χ4v) is 1.99. The van der Waals surface area contributed by atoms with E-state index < -0.39 is 5.97 Å². The van der Waals surface area contributed by atoms with E-state index in [2.05, 4.69) is 10.3 Å². The molecule has 1 fully saturated rings. The molecule has 1 aliphatic rings. The lowest BCUT2D eigenvalue weighted by atomic mass is 10.1. The highest BCUT2D eigenvalue weighted by atomic mass is 16.4. The minimum Gasteiger partial charge on any atom is -0.480 e. The second-order valence-corrected chi connectivity index (χ2v) is 5.18. The lowest BCUT2D eigenvalue weighted by Gasteiger charge is -2.23. The predicted molar refractivity (Wildman–Crippen MR) is 73.1 cm³/mol. The highest BCUT2D eigenvalue weighted by molar-refractivity contribution is 5.80. The number of carbonyl (C=O) groups is 2. The Kier molecular flexibility index (Phi) is 4.55. The van der Waals surface area contributed by atoms with Crippen molar-refractivity contribution in [2.24, 2.45) is 5.92 Å². The highest BCUT2D eigenvalue weighted by Gasteiger charge is 2.28. The van der Waals surface area contributed by atoms with E-state index in [-0.39, 0.29) is 18.6 Å². The Morgan fingerprint density at radius 3 is 2.85 bits per heavy atom. The molecule has 2 amide bonds. The topological polar surface area (TPSA) is 82.5 Å². The van der Waals surface area contributed by atoms with E-state index >= 15 is 0 Å². The first-order valence-corrected chi connectivity index (χ1v) is 6.73. The smallest absolute Gasteiger partial charge is 0.323 e. The van der Waals surface area contributed by atoms with Crippen molar-refractivity contribution in [1.82, 2.24) is 15.2 Å². The third kappa shape index (κ3) is 4.22. The molecule has 108 valence electrons. The summed E-state index contributed by atoms with van der Waals surface area (Å²) in [7, 11) is 0. The molecule has 0 radical (unpaired) electrons. The van der Waals surface area contributed by atoms with E-state index in [9.17, 15) is 9.59 Å². The van der Waals surface area contributed by atoms with Gasteiger partial charge < -0.3 is 15.3 Å². The van der Waals surface area contributed by atoms with E-state index in [1.165, 1.54) is 4.90 Å². The second kappa shape index (κ2) is 6.36. The Balaban J connectivity index is 1.94. The van der Waals surface area contributed by atoms with Crippen LogP contribution in [-0.4, -0.2) is 40.1 Å². The maximum Gasteiger partial charge on any atom is 0.323 e. The average Bonchev–Trinajstić information content (AvgIpc) is 3.22. The number of hydrogen-bond acceptors (Lipinski definition) is 3. The monoisotopic (exact) mass is 277 g/mol. The first-order chi connectivity index (χ1) is 9.56. The Morgan fingerprint density at radius 1 is 1.55 bits per heavy atom.